The molecule has 182 valence electrons. The highest BCUT2D eigenvalue weighted by molar-refractivity contribution is 7.13. The van der Waals surface area contributed by atoms with Crippen LogP contribution in [-0.2, 0) is 9.53 Å². The maximum absolute atomic E-state index is 12.6. The van der Waals surface area contributed by atoms with E-state index in [2.05, 4.69) is 31.8 Å². The average molecular weight is 498 g/mol. The van der Waals surface area contributed by atoms with Crippen molar-refractivity contribution in [3.8, 4) is 17.7 Å². The zero-order valence-electron chi connectivity index (χ0n) is 18.7. The zero-order valence-corrected chi connectivity index (χ0v) is 19.5. The highest BCUT2D eigenvalue weighted by Crippen LogP contribution is 2.31. The molecule has 2 aliphatic rings. The van der Waals surface area contributed by atoms with Crippen LogP contribution in [0, 0.1) is 17.2 Å². The second-order valence-electron chi connectivity index (χ2n) is 8.08. The van der Waals surface area contributed by atoms with Crippen molar-refractivity contribution in [2.45, 2.75) is 12.8 Å². The number of amides is 2. The Labute approximate surface area is 204 Å². The molecular formula is C22H23N7O5S. The third kappa shape index (κ3) is 4.98. The van der Waals surface area contributed by atoms with E-state index in [0.29, 0.717) is 50.8 Å². The van der Waals surface area contributed by atoms with Crippen molar-refractivity contribution in [3.05, 3.63) is 35.2 Å². The number of nitrogens with one attached hydrogen (secondary N) is 2. The molecule has 0 radical (unpaired) electrons. The summed E-state index contributed by atoms with van der Waals surface area (Å²) < 4.78 is 16.4. The number of aromatic nitrogens is 2. The van der Waals surface area contributed by atoms with Crippen LogP contribution < -0.4 is 20.7 Å². The van der Waals surface area contributed by atoms with E-state index in [9.17, 15) is 14.9 Å². The molecule has 2 fully saturated rings. The van der Waals surface area contributed by atoms with Gasteiger partial charge in [0, 0.05) is 37.5 Å². The Morgan fingerprint density at radius 2 is 1.91 bits per heavy atom. The number of furan rings is 1. The van der Waals surface area contributed by atoms with Crippen molar-refractivity contribution in [1.29, 1.82) is 5.26 Å². The number of anilines is 2. The predicted molar refractivity (Wildman–Crippen MR) is 125 cm³/mol. The summed E-state index contributed by atoms with van der Waals surface area (Å²) in [5.41, 5.74) is 5.40. The Kier molecular flexibility index (Phi) is 6.64. The number of thiazole rings is 1. The Balaban J connectivity index is 1.12. The lowest BCUT2D eigenvalue weighted by Crippen LogP contribution is -2.47. The van der Waals surface area contributed by atoms with Gasteiger partial charge in [0.1, 0.15) is 11.8 Å². The molecule has 12 nitrogen and oxygen atoms in total. The minimum Gasteiger partial charge on any atom is -0.459 e. The van der Waals surface area contributed by atoms with E-state index in [1.54, 1.807) is 17.5 Å². The Hall–Kier alpha value is -3.89. The standard InChI is InChI=1S/C22H23N7O5S/c23-12-15-21(34-20(24-15)17-2-1-9-33-17)28-5-3-14(4-6-28)18(30)26-27-19(31)16-13-35-22(25-16)29-7-10-32-11-8-29/h1-2,9,13-14H,3-8,10-11H2,(H,26,30)(H,27,31). The lowest BCUT2D eigenvalue weighted by Gasteiger charge is -2.30. The Morgan fingerprint density at radius 3 is 2.63 bits per heavy atom. The zero-order chi connectivity index (χ0) is 24.2. The molecule has 2 saturated heterocycles. The summed E-state index contributed by atoms with van der Waals surface area (Å²) >= 11 is 1.39. The van der Waals surface area contributed by atoms with Gasteiger partial charge in [0.2, 0.25) is 17.5 Å². The number of nitrogens with zero attached hydrogens (tertiary/aromatic N) is 5. The van der Waals surface area contributed by atoms with Gasteiger partial charge in [-0.3, -0.25) is 20.4 Å². The normalized spacial score (nSPS) is 16.7. The van der Waals surface area contributed by atoms with E-state index < -0.39 is 5.91 Å². The van der Waals surface area contributed by atoms with Gasteiger partial charge in [0.05, 0.1) is 19.5 Å². The fraction of sp³-hybridized carbons (Fsp3) is 0.409. The Bertz CT molecular complexity index is 1220. The number of morpholine rings is 1. The number of carbonyl (C=O) groups is 2. The highest BCUT2D eigenvalue weighted by atomic mass is 32.1. The lowest BCUT2D eigenvalue weighted by atomic mass is 9.96. The van der Waals surface area contributed by atoms with E-state index in [1.165, 1.54) is 17.6 Å². The topological polar surface area (TPSA) is 150 Å². The monoisotopic (exact) mass is 497 g/mol. The minimum atomic E-state index is -0.461. The molecule has 0 bridgehead atoms. The second kappa shape index (κ2) is 10.2. The van der Waals surface area contributed by atoms with E-state index in [-0.39, 0.29) is 29.1 Å². The maximum Gasteiger partial charge on any atom is 0.289 e. The number of hydrazine groups is 1. The second-order valence-corrected chi connectivity index (χ2v) is 8.92. The average Bonchev–Trinajstić information content (AvgIpc) is 3.68. The Morgan fingerprint density at radius 1 is 1.11 bits per heavy atom. The molecule has 0 spiro atoms. The molecule has 2 amide bonds. The van der Waals surface area contributed by atoms with Crippen molar-refractivity contribution >= 4 is 34.2 Å². The number of oxazole rings is 1. The van der Waals surface area contributed by atoms with Crippen molar-refractivity contribution in [2.75, 3.05) is 49.2 Å². The van der Waals surface area contributed by atoms with Gasteiger partial charge in [0.15, 0.2) is 10.9 Å². The maximum atomic E-state index is 12.6. The van der Waals surface area contributed by atoms with Crippen LogP contribution in [0.1, 0.15) is 29.0 Å². The number of piperidine rings is 1. The van der Waals surface area contributed by atoms with Gasteiger partial charge in [-0.15, -0.1) is 11.3 Å². The molecule has 3 aromatic heterocycles. The summed E-state index contributed by atoms with van der Waals surface area (Å²) in [5.74, 6) is 0.0285. The molecule has 5 rings (SSSR count). The minimum absolute atomic E-state index is 0.172. The van der Waals surface area contributed by atoms with Crippen molar-refractivity contribution in [1.82, 2.24) is 20.8 Å². The lowest BCUT2D eigenvalue weighted by molar-refractivity contribution is -0.126. The van der Waals surface area contributed by atoms with E-state index in [1.807, 2.05) is 4.90 Å². The first-order valence-electron chi connectivity index (χ1n) is 11.2. The summed E-state index contributed by atoms with van der Waals surface area (Å²) in [6.07, 6.45) is 2.56. The third-order valence-corrected chi connectivity index (χ3v) is 6.81. The molecule has 0 saturated carbocycles. The number of ether oxygens (including phenoxy) is 1. The van der Waals surface area contributed by atoms with Gasteiger partial charge < -0.3 is 23.4 Å². The third-order valence-electron chi connectivity index (χ3n) is 5.91. The van der Waals surface area contributed by atoms with Crippen molar-refractivity contribution < 1.29 is 23.2 Å². The first-order chi connectivity index (χ1) is 17.1. The van der Waals surface area contributed by atoms with Crippen molar-refractivity contribution in [2.24, 2.45) is 5.92 Å². The summed E-state index contributed by atoms with van der Waals surface area (Å²) in [7, 11) is 0. The molecular weight excluding hydrogens is 474 g/mol. The SMILES string of the molecule is N#Cc1nc(-c2ccco2)oc1N1CCC(C(=O)NNC(=O)c2csc(N3CCOCC3)n2)CC1. The van der Waals surface area contributed by atoms with E-state index >= 15 is 0 Å². The van der Waals surface area contributed by atoms with Crippen LogP contribution in [0.3, 0.4) is 0 Å². The van der Waals surface area contributed by atoms with Gasteiger partial charge in [-0.25, -0.2) is 4.98 Å². The van der Waals surface area contributed by atoms with Crippen LogP contribution in [0.25, 0.3) is 11.7 Å². The molecule has 0 atom stereocenters. The number of carbonyl (C=O) groups excluding carboxylic acids is 2. The summed E-state index contributed by atoms with van der Waals surface area (Å²) in [6.45, 7) is 3.74. The van der Waals surface area contributed by atoms with Crippen LogP contribution >= 0.6 is 11.3 Å². The van der Waals surface area contributed by atoms with Crippen LogP contribution in [0.5, 0.6) is 0 Å². The predicted octanol–water partition coefficient (Wildman–Crippen LogP) is 1.78. The number of hydrogen-bond acceptors (Lipinski definition) is 11. The smallest absolute Gasteiger partial charge is 0.289 e. The number of nitriles is 1. The number of rotatable bonds is 5. The molecule has 5 heterocycles. The molecule has 35 heavy (non-hydrogen) atoms. The summed E-state index contributed by atoms with van der Waals surface area (Å²) in [6, 6.07) is 5.47. The summed E-state index contributed by atoms with van der Waals surface area (Å²) in [5, 5.41) is 11.9. The molecule has 2 aliphatic heterocycles. The van der Waals surface area contributed by atoms with E-state index in [4.69, 9.17) is 13.6 Å². The molecule has 13 heteroatoms. The number of hydrogen-bond donors (Lipinski definition) is 2. The fourth-order valence-electron chi connectivity index (χ4n) is 4.00. The molecule has 3 aromatic rings. The molecule has 2 N–H and O–H groups in total. The first kappa shape index (κ1) is 22.9. The molecule has 0 unspecified atom stereocenters. The molecule has 0 aliphatic carbocycles. The summed E-state index contributed by atoms with van der Waals surface area (Å²) in [4.78, 5) is 37.6. The quantitative estimate of drug-likeness (QED) is 0.499. The van der Waals surface area contributed by atoms with Gasteiger partial charge >= 0.3 is 0 Å². The van der Waals surface area contributed by atoms with Gasteiger partial charge in [-0.05, 0) is 25.0 Å². The van der Waals surface area contributed by atoms with Crippen LogP contribution in [0.2, 0.25) is 0 Å². The van der Waals surface area contributed by atoms with Crippen LogP contribution in [-0.4, -0.2) is 61.2 Å². The van der Waals surface area contributed by atoms with Crippen LogP contribution in [0.15, 0.2) is 32.6 Å². The van der Waals surface area contributed by atoms with Gasteiger partial charge in [-0.2, -0.15) is 10.2 Å². The fourth-order valence-corrected chi connectivity index (χ4v) is 4.86. The van der Waals surface area contributed by atoms with Crippen LogP contribution in [0.4, 0.5) is 11.0 Å². The first-order valence-corrected chi connectivity index (χ1v) is 12.1. The highest BCUT2D eigenvalue weighted by Gasteiger charge is 2.29. The largest absolute Gasteiger partial charge is 0.459 e. The van der Waals surface area contributed by atoms with Crippen molar-refractivity contribution in [3.63, 3.8) is 0 Å². The van der Waals surface area contributed by atoms with E-state index in [0.717, 1.165) is 18.2 Å². The molecule has 0 aromatic carbocycles. The van der Waals surface area contributed by atoms with Gasteiger partial charge in [0.25, 0.3) is 11.8 Å². The van der Waals surface area contributed by atoms with Gasteiger partial charge in [-0.1, -0.05) is 0 Å².